The Balaban J connectivity index is 2.24. The molecule has 0 aromatic carbocycles. The first kappa shape index (κ1) is 14.6. The molecule has 0 aliphatic heterocycles. The lowest BCUT2D eigenvalue weighted by molar-refractivity contribution is 0.268. The summed E-state index contributed by atoms with van der Waals surface area (Å²) in [5.41, 5.74) is 0.627. The number of aliphatic hydroxyl groups is 1. The lowest BCUT2D eigenvalue weighted by atomic mass is 10.3. The molecule has 1 aromatic heterocycles. The van der Waals surface area contributed by atoms with E-state index in [1.807, 2.05) is 13.8 Å². The molecule has 2 rings (SSSR count). The van der Waals surface area contributed by atoms with Gasteiger partial charge in [0.15, 0.2) is 0 Å². The number of aromatic nitrogens is 1. The van der Waals surface area contributed by atoms with E-state index < -0.39 is 10.0 Å². The molecule has 108 valence electrons. The summed E-state index contributed by atoms with van der Waals surface area (Å²) in [6, 6.07) is 1.74. The van der Waals surface area contributed by atoms with Gasteiger partial charge in [0.25, 0.3) is 0 Å². The molecule has 0 saturated heterocycles. The molecule has 0 bridgehead atoms. The first-order valence-electron chi connectivity index (χ1n) is 6.78. The van der Waals surface area contributed by atoms with Gasteiger partial charge in [-0.3, -0.25) is 0 Å². The zero-order valence-electron chi connectivity index (χ0n) is 11.5. The monoisotopic (exact) mass is 286 g/mol. The van der Waals surface area contributed by atoms with Gasteiger partial charge in [-0.25, -0.2) is 13.1 Å². The summed E-state index contributed by atoms with van der Waals surface area (Å²) < 4.78 is 29.1. The van der Waals surface area contributed by atoms with Crippen molar-refractivity contribution >= 4 is 10.0 Å². The maximum atomic E-state index is 12.3. The van der Waals surface area contributed by atoms with Gasteiger partial charge < -0.3 is 9.67 Å². The summed E-state index contributed by atoms with van der Waals surface area (Å²) in [4.78, 5) is 0.247. The number of nitrogens with one attached hydrogen (secondary N) is 1. The van der Waals surface area contributed by atoms with Crippen molar-refractivity contribution in [3.8, 4) is 0 Å². The highest BCUT2D eigenvalue weighted by Crippen LogP contribution is 2.23. The molecular weight excluding hydrogens is 264 g/mol. The second kappa shape index (κ2) is 5.64. The second-order valence-corrected chi connectivity index (χ2v) is 7.14. The molecule has 1 aromatic rings. The van der Waals surface area contributed by atoms with Gasteiger partial charge in [-0.1, -0.05) is 12.8 Å². The van der Waals surface area contributed by atoms with Gasteiger partial charge in [-0.2, -0.15) is 0 Å². The van der Waals surface area contributed by atoms with E-state index in [9.17, 15) is 13.5 Å². The molecule has 6 heteroatoms. The summed E-state index contributed by atoms with van der Waals surface area (Å²) in [6.07, 6.45) is 5.60. The number of sulfonamides is 1. The third kappa shape index (κ3) is 3.19. The first-order chi connectivity index (χ1) is 8.94. The Hall–Kier alpha value is -0.850. The molecule has 2 N–H and O–H groups in total. The summed E-state index contributed by atoms with van der Waals surface area (Å²) in [5, 5.41) is 9.29. The molecule has 0 amide bonds. The molecular formula is C13H22N2O3S. The molecule has 1 heterocycles. The van der Waals surface area contributed by atoms with E-state index in [-0.39, 0.29) is 23.6 Å². The van der Waals surface area contributed by atoms with Crippen molar-refractivity contribution in [1.82, 2.24) is 9.29 Å². The number of hydrogen-bond acceptors (Lipinski definition) is 3. The van der Waals surface area contributed by atoms with Gasteiger partial charge in [-0.05, 0) is 32.8 Å². The third-order valence-electron chi connectivity index (χ3n) is 3.61. The van der Waals surface area contributed by atoms with Gasteiger partial charge in [0.05, 0.1) is 11.5 Å². The zero-order chi connectivity index (χ0) is 14.0. The predicted molar refractivity (Wildman–Crippen MR) is 73.3 cm³/mol. The minimum atomic E-state index is -3.47. The van der Waals surface area contributed by atoms with Crippen LogP contribution in [0.4, 0.5) is 0 Å². The summed E-state index contributed by atoms with van der Waals surface area (Å²) >= 11 is 0. The van der Waals surface area contributed by atoms with E-state index in [2.05, 4.69) is 4.72 Å². The second-order valence-electron chi connectivity index (χ2n) is 5.43. The standard InChI is InChI=1S/C13H22N2O3S/c1-10(2)15-8-13(7-12(15)9-16)19(17,18)14-11-5-3-4-6-11/h7-8,10-11,14,16H,3-6,9H2,1-2H3. The predicted octanol–water partition coefficient (Wildman–Crippen LogP) is 1.78. The zero-order valence-corrected chi connectivity index (χ0v) is 12.3. The highest BCUT2D eigenvalue weighted by Gasteiger charge is 2.24. The lowest BCUT2D eigenvalue weighted by Crippen LogP contribution is -2.32. The molecule has 0 spiro atoms. The number of hydrogen-bond donors (Lipinski definition) is 2. The van der Waals surface area contributed by atoms with Crippen LogP contribution in [0.3, 0.4) is 0 Å². The summed E-state index contributed by atoms with van der Waals surface area (Å²) in [7, 11) is -3.47. The minimum Gasteiger partial charge on any atom is -0.390 e. The van der Waals surface area contributed by atoms with Crippen molar-refractivity contribution in [3.63, 3.8) is 0 Å². The Bertz CT molecular complexity index is 528. The molecule has 1 fully saturated rings. The normalized spacial score (nSPS) is 17.5. The highest BCUT2D eigenvalue weighted by molar-refractivity contribution is 7.89. The van der Waals surface area contributed by atoms with E-state index in [1.165, 1.54) is 0 Å². The van der Waals surface area contributed by atoms with Crippen LogP contribution in [-0.4, -0.2) is 24.1 Å². The van der Waals surface area contributed by atoms with Crippen molar-refractivity contribution in [3.05, 3.63) is 18.0 Å². The maximum absolute atomic E-state index is 12.3. The Labute approximate surface area is 114 Å². The van der Waals surface area contributed by atoms with Crippen LogP contribution in [0.25, 0.3) is 0 Å². The molecule has 1 aliphatic rings. The lowest BCUT2D eigenvalue weighted by Gasteiger charge is -2.12. The fourth-order valence-electron chi connectivity index (χ4n) is 2.58. The SMILES string of the molecule is CC(C)n1cc(S(=O)(=O)NC2CCCC2)cc1CO. The van der Waals surface area contributed by atoms with E-state index in [0.29, 0.717) is 5.69 Å². The van der Waals surface area contributed by atoms with Crippen LogP contribution in [0.2, 0.25) is 0 Å². The van der Waals surface area contributed by atoms with Crippen LogP contribution >= 0.6 is 0 Å². The Morgan fingerprint density at radius 1 is 1.42 bits per heavy atom. The smallest absolute Gasteiger partial charge is 0.242 e. The largest absolute Gasteiger partial charge is 0.390 e. The van der Waals surface area contributed by atoms with Gasteiger partial charge in [0.1, 0.15) is 0 Å². The molecule has 1 saturated carbocycles. The van der Waals surface area contributed by atoms with E-state index in [1.54, 1.807) is 16.8 Å². The summed E-state index contributed by atoms with van der Waals surface area (Å²) in [5.74, 6) is 0. The van der Waals surface area contributed by atoms with Crippen LogP contribution in [-0.2, 0) is 16.6 Å². The molecule has 1 aliphatic carbocycles. The van der Waals surface area contributed by atoms with E-state index >= 15 is 0 Å². The Kier molecular flexibility index (Phi) is 4.32. The summed E-state index contributed by atoms with van der Waals surface area (Å²) in [6.45, 7) is 3.76. The fraction of sp³-hybridized carbons (Fsp3) is 0.692. The fourth-order valence-corrected chi connectivity index (χ4v) is 3.94. The van der Waals surface area contributed by atoms with Crippen LogP contribution in [0.1, 0.15) is 51.3 Å². The minimum absolute atomic E-state index is 0.0602. The average Bonchev–Trinajstić information content (AvgIpc) is 2.95. The van der Waals surface area contributed by atoms with Crippen molar-refractivity contribution in [2.75, 3.05) is 0 Å². The highest BCUT2D eigenvalue weighted by atomic mass is 32.2. The van der Waals surface area contributed by atoms with Crippen molar-refractivity contribution in [1.29, 1.82) is 0 Å². The van der Waals surface area contributed by atoms with Gasteiger partial charge in [0, 0.05) is 24.0 Å². The first-order valence-corrected chi connectivity index (χ1v) is 8.26. The molecule has 0 atom stereocenters. The van der Waals surface area contributed by atoms with Crippen LogP contribution < -0.4 is 4.72 Å². The molecule has 5 nitrogen and oxygen atoms in total. The van der Waals surface area contributed by atoms with Crippen LogP contribution in [0, 0.1) is 0 Å². The quantitative estimate of drug-likeness (QED) is 0.866. The number of aliphatic hydroxyl groups excluding tert-OH is 1. The molecule has 19 heavy (non-hydrogen) atoms. The van der Waals surface area contributed by atoms with Crippen LogP contribution in [0.5, 0.6) is 0 Å². The van der Waals surface area contributed by atoms with E-state index in [4.69, 9.17) is 0 Å². The Morgan fingerprint density at radius 2 is 2.05 bits per heavy atom. The van der Waals surface area contributed by atoms with Gasteiger partial charge >= 0.3 is 0 Å². The number of nitrogens with zero attached hydrogens (tertiary/aromatic N) is 1. The van der Waals surface area contributed by atoms with Crippen molar-refractivity contribution in [2.24, 2.45) is 0 Å². The van der Waals surface area contributed by atoms with E-state index in [0.717, 1.165) is 25.7 Å². The number of rotatable bonds is 5. The molecule has 0 radical (unpaired) electrons. The topological polar surface area (TPSA) is 71.3 Å². The average molecular weight is 286 g/mol. The van der Waals surface area contributed by atoms with Crippen molar-refractivity contribution < 1.29 is 13.5 Å². The molecule has 0 unspecified atom stereocenters. The van der Waals surface area contributed by atoms with Crippen LogP contribution in [0.15, 0.2) is 17.2 Å². The third-order valence-corrected chi connectivity index (χ3v) is 5.10. The van der Waals surface area contributed by atoms with Gasteiger partial charge in [0.2, 0.25) is 10.0 Å². The van der Waals surface area contributed by atoms with Crippen molar-refractivity contribution in [2.45, 2.75) is 63.1 Å². The maximum Gasteiger partial charge on any atom is 0.242 e. The Morgan fingerprint density at radius 3 is 2.53 bits per heavy atom. The van der Waals surface area contributed by atoms with Gasteiger partial charge in [-0.15, -0.1) is 0 Å².